The zero-order valence-electron chi connectivity index (χ0n) is 15.4. The average Bonchev–Trinajstić information content (AvgIpc) is 2.54. The first kappa shape index (κ1) is 21.9. The quantitative estimate of drug-likeness (QED) is 0.672. The second-order valence-electron chi connectivity index (χ2n) is 5.77. The van der Waals surface area contributed by atoms with E-state index in [0.29, 0.717) is 5.02 Å². The van der Waals surface area contributed by atoms with Crippen molar-refractivity contribution in [2.75, 3.05) is 13.1 Å². The van der Waals surface area contributed by atoms with Gasteiger partial charge in [0.05, 0.1) is 0 Å². The van der Waals surface area contributed by atoms with Crippen molar-refractivity contribution in [1.82, 2.24) is 4.90 Å². The number of piperidine rings is 1. The maximum Gasteiger partial charge on any atom is 0.219 e. The molecule has 1 amide bonds. The van der Waals surface area contributed by atoms with Crippen molar-refractivity contribution in [3.8, 4) is 0 Å². The Hall–Kier alpha value is -1.09. The third-order valence-electron chi connectivity index (χ3n) is 3.86. The van der Waals surface area contributed by atoms with E-state index >= 15 is 0 Å². The third-order valence-corrected chi connectivity index (χ3v) is 4.21. The number of rotatable bonds is 2. The van der Waals surface area contributed by atoms with Crippen LogP contribution < -0.4 is 0 Å². The summed E-state index contributed by atoms with van der Waals surface area (Å²) in [4.78, 5) is 13.4. The Morgan fingerprint density at radius 2 is 1.91 bits per heavy atom. The summed E-state index contributed by atoms with van der Waals surface area (Å²) in [6.45, 7) is 13.4. The Balaban J connectivity index is 0.00000112. The van der Waals surface area contributed by atoms with Crippen molar-refractivity contribution in [2.45, 2.75) is 60.8 Å². The number of benzene rings is 1. The lowest BCUT2D eigenvalue weighted by molar-refractivity contribution is -0.132. The van der Waals surface area contributed by atoms with E-state index in [2.05, 4.69) is 6.92 Å². The van der Waals surface area contributed by atoms with E-state index in [1.165, 1.54) is 12.1 Å². The predicted molar refractivity (Wildman–Crippen MR) is 97.4 cm³/mol. The van der Waals surface area contributed by atoms with Gasteiger partial charge in [0.2, 0.25) is 5.91 Å². The second-order valence-corrected chi connectivity index (χ2v) is 6.17. The van der Waals surface area contributed by atoms with E-state index < -0.39 is 0 Å². The van der Waals surface area contributed by atoms with Crippen LogP contribution in [0.4, 0.5) is 4.39 Å². The molecule has 23 heavy (non-hydrogen) atoms. The van der Waals surface area contributed by atoms with Crippen LogP contribution in [0.15, 0.2) is 18.2 Å². The lowest BCUT2D eigenvalue weighted by Gasteiger charge is -2.40. The predicted octanol–water partition coefficient (Wildman–Crippen LogP) is 5.72. The Morgan fingerprint density at radius 3 is 2.43 bits per heavy atom. The Bertz CT molecular complexity index is 492. The molecule has 1 atom stereocenters. The molecule has 1 heterocycles. The molecule has 132 valence electrons. The molecular weight excluding hydrogens is 313 g/mol. The van der Waals surface area contributed by atoms with Crippen LogP contribution in [0.2, 0.25) is 5.02 Å². The molecule has 2 rings (SSSR count). The minimum atomic E-state index is -0.312. The van der Waals surface area contributed by atoms with Gasteiger partial charge in [0.15, 0.2) is 0 Å². The van der Waals surface area contributed by atoms with Crippen molar-refractivity contribution in [2.24, 2.45) is 5.41 Å². The SMILES string of the molecule is CC.CC.CC(=O)N1CCCC(C)(Cc2ccc(F)cc2Cl)C1. The molecule has 0 N–H and O–H groups in total. The number of hydrogen-bond acceptors (Lipinski definition) is 1. The summed E-state index contributed by atoms with van der Waals surface area (Å²) in [6, 6.07) is 4.54. The van der Waals surface area contributed by atoms with Gasteiger partial charge in [-0.25, -0.2) is 4.39 Å². The van der Waals surface area contributed by atoms with Crippen LogP contribution in [0.25, 0.3) is 0 Å². The van der Waals surface area contributed by atoms with Crippen molar-refractivity contribution in [1.29, 1.82) is 0 Å². The lowest BCUT2D eigenvalue weighted by atomic mass is 9.77. The maximum absolute atomic E-state index is 13.1. The zero-order valence-corrected chi connectivity index (χ0v) is 16.1. The molecule has 1 aromatic rings. The van der Waals surface area contributed by atoms with E-state index in [9.17, 15) is 9.18 Å². The zero-order chi connectivity index (χ0) is 18.0. The number of carbonyl (C=O) groups is 1. The minimum Gasteiger partial charge on any atom is -0.342 e. The molecule has 4 heteroatoms. The van der Waals surface area contributed by atoms with Gasteiger partial charge < -0.3 is 4.90 Å². The summed E-state index contributed by atoms with van der Waals surface area (Å²) in [5.41, 5.74) is 0.974. The molecule has 0 radical (unpaired) electrons. The van der Waals surface area contributed by atoms with Crippen LogP contribution >= 0.6 is 11.6 Å². The molecule has 1 saturated heterocycles. The van der Waals surface area contributed by atoms with Crippen molar-refractivity contribution >= 4 is 17.5 Å². The number of carbonyl (C=O) groups excluding carboxylic acids is 1. The summed E-state index contributed by atoms with van der Waals surface area (Å²) in [5, 5.41) is 0.473. The normalized spacial score (nSPS) is 19.9. The van der Waals surface area contributed by atoms with Crippen LogP contribution in [0.3, 0.4) is 0 Å². The van der Waals surface area contributed by atoms with Crippen molar-refractivity contribution < 1.29 is 9.18 Å². The van der Waals surface area contributed by atoms with Crippen LogP contribution in [0.1, 0.15) is 59.9 Å². The fourth-order valence-electron chi connectivity index (χ4n) is 2.85. The molecule has 1 unspecified atom stereocenters. The second kappa shape index (κ2) is 10.6. The maximum atomic E-state index is 13.1. The minimum absolute atomic E-state index is 0.0192. The Morgan fingerprint density at radius 1 is 1.30 bits per heavy atom. The molecule has 1 aromatic carbocycles. The van der Waals surface area contributed by atoms with Gasteiger partial charge in [0.25, 0.3) is 0 Å². The fourth-order valence-corrected chi connectivity index (χ4v) is 3.09. The first-order chi connectivity index (χ1) is 10.9. The van der Waals surface area contributed by atoms with Crippen LogP contribution in [-0.2, 0) is 11.2 Å². The van der Waals surface area contributed by atoms with Crippen LogP contribution in [0, 0.1) is 11.2 Å². The summed E-state index contributed by atoms with van der Waals surface area (Å²) >= 11 is 6.09. The van der Waals surface area contributed by atoms with Gasteiger partial charge in [0, 0.05) is 25.0 Å². The fraction of sp³-hybridized carbons (Fsp3) is 0.632. The number of hydrogen-bond donors (Lipinski definition) is 0. The highest BCUT2D eigenvalue weighted by Crippen LogP contribution is 2.35. The third kappa shape index (κ3) is 6.90. The van der Waals surface area contributed by atoms with Gasteiger partial charge >= 0.3 is 0 Å². The first-order valence-corrected chi connectivity index (χ1v) is 8.97. The number of nitrogens with zero attached hydrogens (tertiary/aromatic N) is 1. The molecule has 1 aliphatic heterocycles. The highest BCUT2D eigenvalue weighted by molar-refractivity contribution is 6.31. The van der Waals surface area contributed by atoms with E-state index in [4.69, 9.17) is 11.6 Å². The molecule has 1 fully saturated rings. The smallest absolute Gasteiger partial charge is 0.219 e. The van der Waals surface area contributed by atoms with Crippen molar-refractivity contribution in [3.63, 3.8) is 0 Å². The van der Waals surface area contributed by atoms with Gasteiger partial charge in [-0.2, -0.15) is 0 Å². The van der Waals surface area contributed by atoms with Crippen LogP contribution in [-0.4, -0.2) is 23.9 Å². The van der Waals surface area contributed by atoms with Gasteiger partial charge in [0.1, 0.15) is 5.82 Å². The standard InChI is InChI=1S/C15H19ClFNO.2C2H6/c1-11(19)18-7-3-6-15(2,10-18)9-12-4-5-13(17)8-14(12)16;2*1-2/h4-5,8H,3,6-7,9-10H2,1-2H3;2*1-2H3. The Labute approximate surface area is 146 Å². The van der Waals surface area contributed by atoms with Gasteiger partial charge in [-0.05, 0) is 42.4 Å². The van der Waals surface area contributed by atoms with Crippen LogP contribution in [0.5, 0.6) is 0 Å². The first-order valence-electron chi connectivity index (χ1n) is 8.59. The van der Waals surface area contributed by atoms with E-state index in [-0.39, 0.29) is 17.1 Å². The summed E-state index contributed by atoms with van der Waals surface area (Å²) in [5.74, 6) is -0.191. The molecule has 0 bridgehead atoms. The lowest BCUT2D eigenvalue weighted by Crippen LogP contribution is -2.44. The largest absolute Gasteiger partial charge is 0.342 e. The monoisotopic (exact) mass is 343 g/mol. The van der Waals surface area contributed by atoms with Gasteiger partial charge in [-0.3, -0.25) is 4.79 Å². The summed E-state index contributed by atoms with van der Waals surface area (Å²) < 4.78 is 13.1. The van der Waals surface area contributed by atoms with Crippen molar-refractivity contribution in [3.05, 3.63) is 34.6 Å². The molecule has 2 nitrogen and oxygen atoms in total. The molecule has 0 saturated carbocycles. The summed E-state index contributed by atoms with van der Waals surface area (Å²) in [7, 11) is 0. The van der Waals surface area contributed by atoms with E-state index in [0.717, 1.165) is 37.9 Å². The molecular formula is C19H31ClFNO. The molecule has 0 aromatic heterocycles. The highest BCUT2D eigenvalue weighted by atomic mass is 35.5. The van der Waals surface area contributed by atoms with Gasteiger partial charge in [-0.15, -0.1) is 0 Å². The topological polar surface area (TPSA) is 20.3 Å². The van der Waals surface area contributed by atoms with E-state index in [1.807, 2.05) is 32.6 Å². The number of amides is 1. The molecule has 0 aliphatic carbocycles. The number of halogens is 2. The Kier molecular flexibility index (Phi) is 10.1. The molecule has 0 spiro atoms. The number of likely N-dealkylation sites (tertiary alicyclic amines) is 1. The van der Waals surface area contributed by atoms with Gasteiger partial charge in [-0.1, -0.05) is 52.3 Å². The molecule has 1 aliphatic rings. The van der Waals surface area contributed by atoms with E-state index in [1.54, 1.807) is 13.0 Å². The average molecular weight is 344 g/mol. The summed E-state index contributed by atoms with van der Waals surface area (Å²) in [6.07, 6.45) is 2.84. The highest BCUT2D eigenvalue weighted by Gasteiger charge is 2.32.